The maximum atomic E-state index is 10.7. The second-order valence-electron chi connectivity index (χ2n) is 7.16. The molecule has 3 atom stereocenters. The molecule has 2 aliphatic rings. The van der Waals surface area contributed by atoms with Crippen molar-refractivity contribution in [1.29, 1.82) is 0 Å². The molecule has 0 bridgehead atoms. The highest BCUT2D eigenvalue weighted by Crippen LogP contribution is 2.47. The fourth-order valence-corrected chi connectivity index (χ4v) is 4.18. The summed E-state index contributed by atoms with van der Waals surface area (Å²) >= 11 is 0. The smallest absolute Gasteiger partial charge is 0.122 e. The standard InChI is InChI=1S/C18H26O2/c1-18(2)10-5-7-15(18)16(19)12-13-9-11-20-17-8-4-3-6-14(13)17/h3-4,6,8,13,15-16,19H,5,7,9-12H2,1-2H3. The lowest BCUT2D eigenvalue weighted by Gasteiger charge is -2.34. The van der Waals surface area contributed by atoms with E-state index in [1.807, 2.05) is 12.1 Å². The third-order valence-electron chi connectivity index (χ3n) is 5.41. The van der Waals surface area contributed by atoms with Crippen molar-refractivity contribution < 1.29 is 9.84 Å². The topological polar surface area (TPSA) is 29.5 Å². The van der Waals surface area contributed by atoms with Crippen LogP contribution in [0.1, 0.15) is 57.4 Å². The number of benzene rings is 1. The molecule has 0 saturated heterocycles. The average molecular weight is 274 g/mol. The minimum absolute atomic E-state index is 0.177. The predicted octanol–water partition coefficient (Wildman–Crippen LogP) is 4.13. The van der Waals surface area contributed by atoms with E-state index in [9.17, 15) is 5.11 Å². The second-order valence-corrected chi connectivity index (χ2v) is 7.16. The van der Waals surface area contributed by atoms with E-state index in [4.69, 9.17) is 4.74 Å². The molecule has 110 valence electrons. The van der Waals surface area contributed by atoms with E-state index in [0.29, 0.717) is 17.3 Å². The van der Waals surface area contributed by atoms with Crippen LogP contribution >= 0.6 is 0 Å². The van der Waals surface area contributed by atoms with Gasteiger partial charge in [-0.15, -0.1) is 0 Å². The van der Waals surface area contributed by atoms with Crippen molar-refractivity contribution in [1.82, 2.24) is 0 Å². The van der Waals surface area contributed by atoms with Crippen LogP contribution in [-0.4, -0.2) is 17.8 Å². The van der Waals surface area contributed by atoms with Gasteiger partial charge in [0.15, 0.2) is 0 Å². The van der Waals surface area contributed by atoms with E-state index in [1.165, 1.54) is 24.8 Å². The van der Waals surface area contributed by atoms with E-state index < -0.39 is 0 Å². The van der Waals surface area contributed by atoms with Gasteiger partial charge in [-0.05, 0) is 54.6 Å². The minimum Gasteiger partial charge on any atom is -0.493 e. The molecule has 1 saturated carbocycles. The van der Waals surface area contributed by atoms with Gasteiger partial charge in [0.25, 0.3) is 0 Å². The Morgan fingerprint density at radius 1 is 1.30 bits per heavy atom. The van der Waals surface area contributed by atoms with Gasteiger partial charge in [0, 0.05) is 0 Å². The highest BCUT2D eigenvalue weighted by Gasteiger charge is 2.40. The Bertz CT molecular complexity index is 466. The predicted molar refractivity (Wildman–Crippen MR) is 81.0 cm³/mol. The first-order chi connectivity index (χ1) is 9.58. The summed E-state index contributed by atoms with van der Waals surface area (Å²) in [7, 11) is 0. The van der Waals surface area contributed by atoms with Crippen LogP contribution in [0, 0.1) is 11.3 Å². The van der Waals surface area contributed by atoms with E-state index in [2.05, 4.69) is 26.0 Å². The lowest BCUT2D eigenvalue weighted by Crippen LogP contribution is -2.31. The third-order valence-corrected chi connectivity index (χ3v) is 5.41. The molecule has 0 radical (unpaired) electrons. The Balaban J connectivity index is 1.73. The van der Waals surface area contributed by atoms with Gasteiger partial charge < -0.3 is 9.84 Å². The molecule has 1 heterocycles. The lowest BCUT2D eigenvalue weighted by atomic mass is 9.75. The first kappa shape index (κ1) is 13.9. The molecule has 1 aliphatic heterocycles. The van der Waals surface area contributed by atoms with Crippen molar-refractivity contribution in [2.45, 2.75) is 58.0 Å². The van der Waals surface area contributed by atoms with Gasteiger partial charge in [0.2, 0.25) is 0 Å². The quantitative estimate of drug-likeness (QED) is 0.898. The zero-order chi connectivity index (χ0) is 14.2. The molecule has 0 amide bonds. The van der Waals surface area contributed by atoms with E-state index in [-0.39, 0.29) is 6.10 Å². The van der Waals surface area contributed by atoms with Gasteiger partial charge in [-0.3, -0.25) is 0 Å². The largest absolute Gasteiger partial charge is 0.493 e. The van der Waals surface area contributed by atoms with Crippen LogP contribution in [0.2, 0.25) is 0 Å². The molecule has 3 rings (SSSR count). The zero-order valence-corrected chi connectivity index (χ0v) is 12.6. The van der Waals surface area contributed by atoms with Crippen LogP contribution in [-0.2, 0) is 0 Å². The van der Waals surface area contributed by atoms with Crippen LogP contribution < -0.4 is 4.74 Å². The van der Waals surface area contributed by atoms with Crippen molar-refractivity contribution in [3.05, 3.63) is 29.8 Å². The molecule has 2 heteroatoms. The molecule has 1 aliphatic carbocycles. The molecule has 1 N–H and O–H groups in total. The van der Waals surface area contributed by atoms with Crippen molar-refractivity contribution in [2.75, 3.05) is 6.61 Å². The zero-order valence-electron chi connectivity index (χ0n) is 12.6. The van der Waals surface area contributed by atoms with Gasteiger partial charge >= 0.3 is 0 Å². The fraction of sp³-hybridized carbons (Fsp3) is 0.667. The summed E-state index contributed by atoms with van der Waals surface area (Å²) in [5.41, 5.74) is 1.58. The Kier molecular flexibility index (Phi) is 3.76. The van der Waals surface area contributed by atoms with Crippen molar-refractivity contribution >= 4 is 0 Å². The van der Waals surface area contributed by atoms with Gasteiger partial charge in [0.05, 0.1) is 12.7 Å². The number of aliphatic hydroxyl groups excluding tert-OH is 1. The van der Waals surface area contributed by atoms with E-state index in [0.717, 1.165) is 25.2 Å². The average Bonchev–Trinajstić information content (AvgIpc) is 2.79. The molecule has 3 unspecified atom stereocenters. The number of fused-ring (bicyclic) bond motifs is 1. The van der Waals surface area contributed by atoms with Crippen molar-refractivity contribution in [2.24, 2.45) is 11.3 Å². The third kappa shape index (κ3) is 2.58. The second kappa shape index (κ2) is 5.40. The summed E-state index contributed by atoms with van der Waals surface area (Å²) in [6.45, 7) is 5.40. The fourth-order valence-electron chi connectivity index (χ4n) is 4.18. The Morgan fingerprint density at radius 3 is 2.85 bits per heavy atom. The van der Waals surface area contributed by atoms with Crippen LogP contribution in [0.4, 0.5) is 0 Å². The summed E-state index contributed by atoms with van der Waals surface area (Å²) in [6, 6.07) is 8.31. The first-order valence-electron chi connectivity index (χ1n) is 7.98. The molecule has 20 heavy (non-hydrogen) atoms. The van der Waals surface area contributed by atoms with Crippen LogP contribution in [0.3, 0.4) is 0 Å². The molecule has 0 aromatic heterocycles. The van der Waals surface area contributed by atoms with Crippen LogP contribution in [0.15, 0.2) is 24.3 Å². The van der Waals surface area contributed by atoms with Gasteiger partial charge in [-0.25, -0.2) is 0 Å². The molecule has 1 aromatic carbocycles. The summed E-state index contributed by atoms with van der Waals surface area (Å²) in [6.07, 6.45) is 5.43. The Hall–Kier alpha value is -1.02. The number of ether oxygens (including phenoxy) is 1. The molecule has 1 aromatic rings. The highest BCUT2D eigenvalue weighted by atomic mass is 16.5. The highest BCUT2D eigenvalue weighted by molar-refractivity contribution is 5.37. The van der Waals surface area contributed by atoms with E-state index in [1.54, 1.807) is 0 Å². The number of hydrogen-bond acceptors (Lipinski definition) is 2. The SMILES string of the molecule is CC1(C)CCCC1C(O)CC1CCOc2ccccc21. The maximum absolute atomic E-state index is 10.7. The number of para-hydroxylation sites is 1. The van der Waals surface area contributed by atoms with Gasteiger partial charge in [-0.2, -0.15) is 0 Å². The first-order valence-corrected chi connectivity index (χ1v) is 7.98. The Morgan fingerprint density at radius 2 is 2.10 bits per heavy atom. The van der Waals surface area contributed by atoms with Crippen molar-refractivity contribution in [3.63, 3.8) is 0 Å². The molecule has 1 fully saturated rings. The van der Waals surface area contributed by atoms with Gasteiger partial charge in [0.1, 0.15) is 5.75 Å². The summed E-state index contributed by atoms with van der Waals surface area (Å²) < 4.78 is 5.72. The summed E-state index contributed by atoms with van der Waals surface area (Å²) in [5.74, 6) is 1.92. The normalized spacial score (nSPS) is 29.6. The Labute approximate surface area is 122 Å². The molecular formula is C18H26O2. The minimum atomic E-state index is -0.177. The van der Waals surface area contributed by atoms with Crippen LogP contribution in [0.5, 0.6) is 5.75 Å². The monoisotopic (exact) mass is 274 g/mol. The lowest BCUT2D eigenvalue weighted by molar-refractivity contribution is 0.0388. The number of hydrogen-bond donors (Lipinski definition) is 1. The summed E-state index contributed by atoms with van der Waals surface area (Å²) in [4.78, 5) is 0. The van der Waals surface area contributed by atoms with Gasteiger partial charge in [-0.1, -0.05) is 38.5 Å². The molecular weight excluding hydrogens is 248 g/mol. The number of rotatable bonds is 3. The van der Waals surface area contributed by atoms with Crippen molar-refractivity contribution in [3.8, 4) is 5.75 Å². The summed E-state index contributed by atoms with van der Waals surface area (Å²) in [5, 5.41) is 10.7. The van der Waals surface area contributed by atoms with Crippen LogP contribution in [0.25, 0.3) is 0 Å². The number of aliphatic hydroxyl groups is 1. The van der Waals surface area contributed by atoms with E-state index >= 15 is 0 Å². The molecule has 2 nitrogen and oxygen atoms in total. The maximum Gasteiger partial charge on any atom is 0.122 e. The molecule has 0 spiro atoms.